The lowest BCUT2D eigenvalue weighted by atomic mass is 10.0. The van der Waals surface area contributed by atoms with Crippen LogP contribution in [0.4, 0.5) is 5.82 Å². The molecule has 0 unspecified atom stereocenters. The molecule has 1 fully saturated rings. The second kappa shape index (κ2) is 6.39. The molecule has 2 heterocycles. The molecule has 1 atom stereocenters. The number of hydrogen-bond acceptors (Lipinski definition) is 4. The van der Waals surface area contributed by atoms with E-state index in [4.69, 9.17) is 11.6 Å². The number of nitrogens with zero attached hydrogens (tertiary/aromatic N) is 3. The standard InChI is InChI=1S/C14H21ClN4O/c1-4-12-13(15)16-9(2)17-14(12)19-7-5-6-11(8-19)18-10(3)20/h11H,4-8H2,1-3H3,(H,18,20)/t11-/m0/s1. The number of rotatable bonds is 3. The number of nitrogens with one attached hydrogen (secondary N) is 1. The van der Waals surface area contributed by atoms with Gasteiger partial charge in [-0.15, -0.1) is 0 Å². The van der Waals surface area contributed by atoms with Crippen LogP contribution in [0.15, 0.2) is 0 Å². The van der Waals surface area contributed by atoms with E-state index in [-0.39, 0.29) is 11.9 Å². The van der Waals surface area contributed by atoms with Crippen LogP contribution in [0.3, 0.4) is 0 Å². The number of aromatic nitrogens is 2. The minimum absolute atomic E-state index is 0.0180. The topological polar surface area (TPSA) is 58.1 Å². The van der Waals surface area contributed by atoms with Crippen LogP contribution in [0, 0.1) is 6.92 Å². The van der Waals surface area contributed by atoms with Crippen molar-refractivity contribution in [3.8, 4) is 0 Å². The summed E-state index contributed by atoms with van der Waals surface area (Å²) in [5.74, 6) is 1.62. The van der Waals surface area contributed by atoms with Crippen molar-refractivity contribution in [2.75, 3.05) is 18.0 Å². The van der Waals surface area contributed by atoms with E-state index >= 15 is 0 Å². The zero-order valence-electron chi connectivity index (χ0n) is 12.2. The van der Waals surface area contributed by atoms with E-state index in [1.807, 2.05) is 6.92 Å². The Morgan fingerprint density at radius 1 is 1.50 bits per heavy atom. The summed E-state index contributed by atoms with van der Waals surface area (Å²) in [7, 11) is 0. The van der Waals surface area contributed by atoms with Crippen LogP contribution in [0.25, 0.3) is 0 Å². The molecule has 0 saturated carbocycles. The van der Waals surface area contributed by atoms with Gasteiger partial charge in [0.2, 0.25) is 5.91 Å². The Bertz CT molecular complexity index is 506. The second-order valence-electron chi connectivity index (χ2n) is 5.20. The largest absolute Gasteiger partial charge is 0.354 e. The summed E-state index contributed by atoms with van der Waals surface area (Å²) in [4.78, 5) is 22.2. The van der Waals surface area contributed by atoms with Gasteiger partial charge in [0.1, 0.15) is 16.8 Å². The van der Waals surface area contributed by atoms with Gasteiger partial charge in [-0.1, -0.05) is 18.5 Å². The van der Waals surface area contributed by atoms with Gasteiger partial charge in [-0.05, 0) is 26.2 Å². The van der Waals surface area contributed by atoms with Crippen molar-refractivity contribution < 1.29 is 4.79 Å². The maximum atomic E-state index is 11.2. The van der Waals surface area contributed by atoms with Crippen molar-refractivity contribution >= 4 is 23.3 Å². The number of carbonyl (C=O) groups is 1. The average Bonchev–Trinajstić information content (AvgIpc) is 2.37. The number of carbonyl (C=O) groups excluding carboxylic acids is 1. The van der Waals surface area contributed by atoms with Gasteiger partial charge in [-0.2, -0.15) is 0 Å². The Kier molecular flexibility index (Phi) is 4.81. The van der Waals surface area contributed by atoms with Crippen molar-refractivity contribution in [3.63, 3.8) is 0 Å². The van der Waals surface area contributed by atoms with Gasteiger partial charge < -0.3 is 10.2 Å². The van der Waals surface area contributed by atoms with Crippen molar-refractivity contribution in [3.05, 3.63) is 16.5 Å². The summed E-state index contributed by atoms with van der Waals surface area (Å²) in [6.45, 7) is 7.18. The fraction of sp³-hybridized carbons (Fsp3) is 0.643. The molecule has 1 aliphatic heterocycles. The van der Waals surface area contributed by atoms with E-state index in [9.17, 15) is 4.79 Å². The fourth-order valence-corrected chi connectivity index (χ4v) is 3.03. The number of aryl methyl sites for hydroxylation is 1. The number of piperidine rings is 1. The lowest BCUT2D eigenvalue weighted by Gasteiger charge is -2.35. The quantitative estimate of drug-likeness (QED) is 0.868. The molecule has 1 aromatic heterocycles. The van der Waals surface area contributed by atoms with Crippen molar-refractivity contribution in [1.29, 1.82) is 0 Å². The maximum Gasteiger partial charge on any atom is 0.217 e. The van der Waals surface area contributed by atoms with Crippen molar-refractivity contribution in [1.82, 2.24) is 15.3 Å². The first-order valence-electron chi connectivity index (χ1n) is 7.06. The summed E-state index contributed by atoms with van der Waals surface area (Å²) in [5.41, 5.74) is 0.987. The van der Waals surface area contributed by atoms with Gasteiger partial charge >= 0.3 is 0 Å². The minimum Gasteiger partial charge on any atom is -0.354 e. The smallest absolute Gasteiger partial charge is 0.217 e. The number of amides is 1. The van der Waals surface area contributed by atoms with Crippen LogP contribution in [0.1, 0.15) is 38.1 Å². The molecule has 110 valence electrons. The fourth-order valence-electron chi connectivity index (χ4n) is 2.69. The Morgan fingerprint density at radius 2 is 2.25 bits per heavy atom. The molecule has 20 heavy (non-hydrogen) atoms. The highest BCUT2D eigenvalue weighted by Crippen LogP contribution is 2.27. The van der Waals surface area contributed by atoms with Crippen LogP contribution in [-0.2, 0) is 11.2 Å². The molecule has 1 saturated heterocycles. The van der Waals surface area contributed by atoms with Crippen molar-refractivity contribution in [2.24, 2.45) is 0 Å². The van der Waals surface area contributed by atoms with Crippen LogP contribution < -0.4 is 10.2 Å². The highest BCUT2D eigenvalue weighted by atomic mass is 35.5. The Morgan fingerprint density at radius 3 is 2.90 bits per heavy atom. The predicted molar refractivity (Wildman–Crippen MR) is 80.2 cm³/mol. The van der Waals surface area contributed by atoms with E-state index in [2.05, 4.69) is 27.1 Å². The van der Waals surface area contributed by atoms with Crippen molar-refractivity contribution in [2.45, 2.75) is 46.1 Å². The van der Waals surface area contributed by atoms with Crippen LogP contribution >= 0.6 is 11.6 Å². The molecule has 1 aliphatic rings. The predicted octanol–water partition coefficient (Wildman–Crippen LogP) is 2.11. The Balaban J connectivity index is 2.24. The van der Waals surface area contributed by atoms with E-state index in [1.54, 1.807) is 6.92 Å². The molecule has 1 aromatic rings. The molecule has 5 nitrogen and oxygen atoms in total. The zero-order valence-corrected chi connectivity index (χ0v) is 13.0. The minimum atomic E-state index is 0.0180. The van der Waals surface area contributed by atoms with E-state index in [0.717, 1.165) is 43.7 Å². The highest BCUT2D eigenvalue weighted by molar-refractivity contribution is 6.30. The molecule has 0 aromatic carbocycles. The molecule has 1 amide bonds. The molecule has 0 spiro atoms. The molecular formula is C14H21ClN4O. The van der Waals surface area contributed by atoms with Crippen LogP contribution in [0.5, 0.6) is 0 Å². The molecule has 2 rings (SSSR count). The molecule has 0 aliphatic carbocycles. The highest BCUT2D eigenvalue weighted by Gasteiger charge is 2.24. The summed E-state index contributed by atoms with van der Waals surface area (Å²) in [5, 5.41) is 3.53. The van der Waals surface area contributed by atoms with Gasteiger partial charge in [-0.3, -0.25) is 4.79 Å². The van der Waals surface area contributed by atoms with Crippen LogP contribution in [-0.4, -0.2) is 35.0 Å². The summed E-state index contributed by atoms with van der Waals surface area (Å²) in [6.07, 6.45) is 2.85. The first kappa shape index (κ1) is 15.0. The normalized spacial score (nSPS) is 19.0. The molecular weight excluding hydrogens is 276 g/mol. The Labute approximate surface area is 124 Å². The molecule has 0 bridgehead atoms. The van der Waals surface area contributed by atoms with Gasteiger partial charge in [0.05, 0.1) is 0 Å². The summed E-state index contributed by atoms with van der Waals surface area (Å²) >= 11 is 6.23. The van der Waals surface area contributed by atoms with Gasteiger partial charge in [0.25, 0.3) is 0 Å². The first-order chi connectivity index (χ1) is 9.51. The third kappa shape index (κ3) is 3.39. The first-order valence-corrected chi connectivity index (χ1v) is 7.44. The van der Waals surface area contributed by atoms with E-state index in [1.165, 1.54) is 0 Å². The summed E-state index contributed by atoms with van der Waals surface area (Å²) in [6, 6.07) is 0.181. The molecule has 1 N–H and O–H groups in total. The monoisotopic (exact) mass is 296 g/mol. The zero-order chi connectivity index (χ0) is 14.7. The number of anilines is 1. The van der Waals surface area contributed by atoms with E-state index < -0.39 is 0 Å². The lowest BCUT2D eigenvalue weighted by Crippen LogP contribution is -2.47. The second-order valence-corrected chi connectivity index (χ2v) is 5.56. The maximum absolute atomic E-state index is 11.2. The Hall–Kier alpha value is -1.36. The van der Waals surface area contributed by atoms with E-state index in [0.29, 0.717) is 11.0 Å². The average molecular weight is 297 g/mol. The third-order valence-corrected chi connectivity index (χ3v) is 3.84. The lowest BCUT2D eigenvalue weighted by molar-refractivity contribution is -0.119. The van der Waals surface area contributed by atoms with Gasteiger partial charge in [0.15, 0.2) is 0 Å². The van der Waals surface area contributed by atoms with Gasteiger partial charge in [0, 0.05) is 31.6 Å². The summed E-state index contributed by atoms with van der Waals surface area (Å²) < 4.78 is 0. The molecule has 0 radical (unpaired) electrons. The number of halogens is 1. The third-order valence-electron chi connectivity index (χ3n) is 3.53. The molecule has 6 heteroatoms. The SMILES string of the molecule is CCc1c(Cl)nc(C)nc1N1CCC[C@H](NC(C)=O)C1. The number of hydrogen-bond donors (Lipinski definition) is 1. The van der Waals surface area contributed by atoms with Gasteiger partial charge in [-0.25, -0.2) is 9.97 Å². The van der Waals surface area contributed by atoms with Crippen LogP contribution in [0.2, 0.25) is 5.15 Å².